The molecule has 0 aromatic rings. The van der Waals surface area contributed by atoms with Crippen LogP contribution in [0.1, 0.15) is 32.1 Å². The minimum atomic E-state index is -2.88. The predicted molar refractivity (Wildman–Crippen MR) is 69.6 cm³/mol. The van der Waals surface area contributed by atoms with Gasteiger partial charge in [-0.05, 0) is 45.3 Å². The summed E-state index contributed by atoms with van der Waals surface area (Å²) in [5.74, 6) is 0.560. The van der Waals surface area contributed by atoms with Gasteiger partial charge in [0.2, 0.25) is 6.54 Å². The quantitative estimate of drug-likeness (QED) is 0.490. The van der Waals surface area contributed by atoms with Crippen LogP contribution in [0.2, 0.25) is 0 Å². The summed E-state index contributed by atoms with van der Waals surface area (Å²) < 4.78 is 23.3. The van der Waals surface area contributed by atoms with Gasteiger partial charge in [0, 0.05) is 6.42 Å². The zero-order valence-electron chi connectivity index (χ0n) is 10.4. The molecule has 1 aliphatic heterocycles. The fourth-order valence-corrected chi connectivity index (χ4v) is 3.55. The van der Waals surface area contributed by atoms with E-state index in [1.54, 1.807) is 0 Å². The van der Waals surface area contributed by atoms with Gasteiger partial charge in [0.15, 0.2) is 0 Å². The van der Waals surface area contributed by atoms with Gasteiger partial charge in [0.25, 0.3) is 0 Å². The van der Waals surface area contributed by atoms with E-state index in [-0.39, 0.29) is 5.75 Å². The van der Waals surface area contributed by atoms with Crippen LogP contribution in [0.25, 0.3) is 4.85 Å². The van der Waals surface area contributed by atoms with Crippen LogP contribution in [-0.2, 0) is 9.84 Å². The van der Waals surface area contributed by atoms with Crippen LogP contribution in [0.4, 0.5) is 0 Å². The third kappa shape index (κ3) is 6.64. The summed E-state index contributed by atoms with van der Waals surface area (Å²) in [5.41, 5.74) is 0. The lowest BCUT2D eigenvalue weighted by Crippen LogP contribution is -2.23. The highest BCUT2D eigenvalue weighted by molar-refractivity contribution is 7.91. The standard InChI is InChI=1S/C12H22N2O2S/c1-13-7-2-5-11-17(15,16)12-6-10-14-8-3-4-9-14/h2-12H2. The molecule has 0 aromatic carbocycles. The lowest BCUT2D eigenvalue weighted by Gasteiger charge is -2.13. The predicted octanol–water partition coefficient (Wildman–Crippen LogP) is 1.59. The van der Waals surface area contributed by atoms with Crippen molar-refractivity contribution in [3.8, 4) is 0 Å². The Balaban J connectivity index is 2.09. The molecular weight excluding hydrogens is 236 g/mol. The normalized spacial score (nSPS) is 17.1. The first kappa shape index (κ1) is 14.5. The van der Waals surface area contributed by atoms with Gasteiger partial charge in [-0.25, -0.2) is 15.0 Å². The summed E-state index contributed by atoms with van der Waals surface area (Å²) in [6, 6.07) is 0. The Kier molecular flexibility index (Phi) is 6.53. The maximum absolute atomic E-state index is 11.7. The van der Waals surface area contributed by atoms with E-state index in [0.717, 1.165) is 26.1 Å². The molecule has 0 radical (unpaired) electrons. The van der Waals surface area contributed by atoms with Gasteiger partial charge >= 0.3 is 0 Å². The van der Waals surface area contributed by atoms with Crippen molar-refractivity contribution >= 4 is 9.84 Å². The van der Waals surface area contributed by atoms with Crippen LogP contribution >= 0.6 is 0 Å². The second kappa shape index (κ2) is 7.67. The number of hydrogen-bond acceptors (Lipinski definition) is 3. The fourth-order valence-electron chi connectivity index (χ4n) is 2.13. The summed E-state index contributed by atoms with van der Waals surface area (Å²) in [6.07, 6.45) is 4.60. The molecule has 0 saturated carbocycles. The number of nitrogens with zero attached hydrogens (tertiary/aromatic N) is 2. The first-order valence-electron chi connectivity index (χ1n) is 6.40. The zero-order chi connectivity index (χ0) is 12.6. The van der Waals surface area contributed by atoms with E-state index in [2.05, 4.69) is 9.74 Å². The molecule has 1 aliphatic rings. The minimum absolute atomic E-state index is 0.252. The van der Waals surface area contributed by atoms with Crippen molar-refractivity contribution < 1.29 is 8.42 Å². The van der Waals surface area contributed by atoms with E-state index in [1.807, 2.05) is 0 Å². The number of hydrogen-bond donors (Lipinski definition) is 0. The Morgan fingerprint density at radius 3 is 2.35 bits per heavy atom. The second-order valence-electron chi connectivity index (χ2n) is 4.64. The highest BCUT2D eigenvalue weighted by Gasteiger charge is 2.14. The summed E-state index contributed by atoms with van der Waals surface area (Å²) in [6.45, 7) is 10.2. The van der Waals surface area contributed by atoms with Gasteiger partial charge in [0.05, 0.1) is 11.5 Å². The first-order valence-corrected chi connectivity index (χ1v) is 8.22. The third-order valence-corrected chi connectivity index (χ3v) is 4.92. The molecule has 1 heterocycles. The molecule has 17 heavy (non-hydrogen) atoms. The number of rotatable bonds is 8. The van der Waals surface area contributed by atoms with Crippen LogP contribution < -0.4 is 0 Å². The summed E-state index contributed by atoms with van der Waals surface area (Å²) in [4.78, 5) is 5.56. The van der Waals surface area contributed by atoms with Crippen LogP contribution in [0.3, 0.4) is 0 Å². The minimum Gasteiger partial charge on any atom is -0.317 e. The van der Waals surface area contributed by atoms with Crippen molar-refractivity contribution in [2.24, 2.45) is 0 Å². The highest BCUT2D eigenvalue weighted by atomic mass is 32.2. The van der Waals surface area contributed by atoms with Gasteiger partial charge in [-0.2, -0.15) is 0 Å². The molecule has 0 unspecified atom stereocenters. The Morgan fingerprint density at radius 2 is 1.71 bits per heavy atom. The molecule has 1 fully saturated rings. The zero-order valence-corrected chi connectivity index (χ0v) is 11.2. The van der Waals surface area contributed by atoms with Crippen molar-refractivity contribution in [3.05, 3.63) is 11.4 Å². The molecule has 0 atom stereocenters. The largest absolute Gasteiger partial charge is 0.317 e. The molecule has 1 rings (SSSR count). The van der Waals surface area contributed by atoms with Gasteiger partial charge < -0.3 is 9.74 Å². The monoisotopic (exact) mass is 258 g/mol. The van der Waals surface area contributed by atoms with Crippen molar-refractivity contribution in [3.63, 3.8) is 0 Å². The van der Waals surface area contributed by atoms with Gasteiger partial charge in [0.1, 0.15) is 9.84 Å². The molecule has 0 aliphatic carbocycles. The number of sulfone groups is 1. The third-order valence-electron chi connectivity index (χ3n) is 3.10. The van der Waals surface area contributed by atoms with Crippen molar-refractivity contribution in [1.82, 2.24) is 4.90 Å². The van der Waals surface area contributed by atoms with Crippen molar-refractivity contribution in [1.29, 1.82) is 0 Å². The second-order valence-corrected chi connectivity index (χ2v) is 6.95. The van der Waals surface area contributed by atoms with E-state index >= 15 is 0 Å². The van der Waals surface area contributed by atoms with E-state index in [1.165, 1.54) is 12.8 Å². The summed E-state index contributed by atoms with van der Waals surface area (Å²) in [7, 11) is -2.88. The molecule has 0 spiro atoms. The van der Waals surface area contributed by atoms with Crippen molar-refractivity contribution in [2.45, 2.75) is 32.1 Å². The van der Waals surface area contributed by atoms with Gasteiger partial charge in [-0.3, -0.25) is 0 Å². The average Bonchev–Trinajstić information content (AvgIpc) is 2.77. The number of likely N-dealkylation sites (tertiary alicyclic amines) is 1. The Hall–Kier alpha value is -0.600. The first-order chi connectivity index (χ1) is 8.14. The van der Waals surface area contributed by atoms with Gasteiger partial charge in [-0.15, -0.1) is 0 Å². The van der Waals surface area contributed by atoms with Gasteiger partial charge in [-0.1, -0.05) is 0 Å². The van der Waals surface area contributed by atoms with Crippen LogP contribution in [0.15, 0.2) is 0 Å². The van der Waals surface area contributed by atoms with Crippen LogP contribution in [0, 0.1) is 6.57 Å². The molecular formula is C12H22N2O2S. The average molecular weight is 258 g/mol. The van der Waals surface area contributed by atoms with E-state index in [9.17, 15) is 8.42 Å². The maximum atomic E-state index is 11.7. The summed E-state index contributed by atoms with van der Waals surface area (Å²) in [5, 5.41) is 0. The number of unbranched alkanes of at least 4 members (excludes halogenated alkanes) is 1. The molecule has 0 amide bonds. The van der Waals surface area contributed by atoms with Crippen molar-refractivity contribution in [2.75, 3.05) is 37.7 Å². The molecule has 98 valence electrons. The van der Waals surface area contributed by atoms with E-state index in [4.69, 9.17) is 6.57 Å². The fraction of sp³-hybridized carbons (Fsp3) is 0.917. The lowest BCUT2D eigenvalue weighted by atomic mass is 10.3. The Labute approximate surface area is 105 Å². The topological polar surface area (TPSA) is 41.7 Å². The molecule has 5 heteroatoms. The van der Waals surface area contributed by atoms with Crippen LogP contribution in [0.5, 0.6) is 0 Å². The molecule has 0 bridgehead atoms. The van der Waals surface area contributed by atoms with E-state index < -0.39 is 9.84 Å². The molecule has 1 saturated heterocycles. The SMILES string of the molecule is [C-]#[N+]CCCCS(=O)(=O)CCCN1CCCC1. The smallest absolute Gasteiger partial charge is 0.214 e. The highest BCUT2D eigenvalue weighted by Crippen LogP contribution is 2.08. The summed E-state index contributed by atoms with van der Waals surface area (Å²) >= 11 is 0. The molecule has 0 aromatic heterocycles. The Morgan fingerprint density at radius 1 is 1.06 bits per heavy atom. The molecule has 4 nitrogen and oxygen atoms in total. The Bertz CT molecular complexity index is 340. The molecule has 0 N–H and O–H groups in total. The lowest BCUT2D eigenvalue weighted by molar-refractivity contribution is 0.340. The van der Waals surface area contributed by atoms with Crippen LogP contribution in [-0.4, -0.2) is 51.0 Å². The van der Waals surface area contributed by atoms with E-state index in [0.29, 0.717) is 25.1 Å². The maximum Gasteiger partial charge on any atom is 0.214 e.